The van der Waals surface area contributed by atoms with E-state index in [9.17, 15) is 14.0 Å². The summed E-state index contributed by atoms with van der Waals surface area (Å²) in [4.78, 5) is 30.8. The molecule has 1 aliphatic heterocycles. The Balaban J connectivity index is 1.51. The zero-order chi connectivity index (χ0) is 20.1. The van der Waals surface area contributed by atoms with Gasteiger partial charge in [-0.15, -0.1) is 0 Å². The van der Waals surface area contributed by atoms with Crippen molar-refractivity contribution in [1.82, 2.24) is 15.2 Å². The lowest BCUT2D eigenvalue weighted by Crippen LogP contribution is -2.53. The van der Waals surface area contributed by atoms with Crippen LogP contribution in [0.5, 0.6) is 5.75 Å². The van der Waals surface area contributed by atoms with Crippen molar-refractivity contribution in [3.8, 4) is 5.75 Å². The Morgan fingerprint density at radius 1 is 1.11 bits per heavy atom. The van der Waals surface area contributed by atoms with Crippen LogP contribution in [0, 0.1) is 5.82 Å². The first-order chi connectivity index (χ1) is 13.3. The molecule has 28 heavy (non-hydrogen) atoms. The predicted molar refractivity (Wildman–Crippen MR) is 102 cm³/mol. The lowest BCUT2D eigenvalue weighted by molar-refractivity contribution is -0.135. The molecule has 7 heteroatoms. The Bertz CT molecular complexity index is 817. The number of hydrogen-bond donors (Lipinski definition) is 1. The maximum Gasteiger partial charge on any atom is 0.263 e. The molecular weight excluding hydrogens is 361 g/mol. The van der Waals surface area contributed by atoms with Gasteiger partial charge in [-0.05, 0) is 63.1 Å². The van der Waals surface area contributed by atoms with Gasteiger partial charge in [-0.1, -0.05) is 0 Å². The topological polar surface area (TPSA) is 71.5 Å². The van der Waals surface area contributed by atoms with Crippen LogP contribution in [-0.4, -0.2) is 46.4 Å². The van der Waals surface area contributed by atoms with E-state index in [1.165, 1.54) is 24.3 Å². The number of halogens is 1. The third kappa shape index (κ3) is 4.85. The summed E-state index contributed by atoms with van der Waals surface area (Å²) in [5, 5.41) is 3.00. The highest BCUT2D eigenvalue weighted by atomic mass is 19.1. The van der Waals surface area contributed by atoms with Crippen LogP contribution in [-0.2, 0) is 4.79 Å². The maximum atomic E-state index is 13.0. The van der Waals surface area contributed by atoms with E-state index in [2.05, 4.69) is 10.3 Å². The molecule has 0 radical (unpaired) electrons. The number of carbonyl (C=O) groups is 2. The van der Waals surface area contributed by atoms with Crippen LogP contribution in [0.3, 0.4) is 0 Å². The van der Waals surface area contributed by atoms with E-state index in [-0.39, 0.29) is 23.7 Å². The monoisotopic (exact) mass is 385 g/mol. The van der Waals surface area contributed by atoms with Crippen molar-refractivity contribution in [1.29, 1.82) is 0 Å². The number of likely N-dealkylation sites (tertiary alicyclic amines) is 1. The van der Waals surface area contributed by atoms with Gasteiger partial charge in [0.15, 0.2) is 5.60 Å². The molecule has 2 heterocycles. The molecule has 148 valence electrons. The molecule has 2 aromatic rings. The standard InChI is InChI=1S/C21H24FN3O3/c1-21(2,28-18-5-3-16(22)4-6-18)20(27)24-17-9-13-25(14-10-17)19(26)15-7-11-23-12-8-15/h3-8,11-12,17H,9-10,13-14H2,1-2H3,(H,24,27). The largest absolute Gasteiger partial charge is 0.478 e. The summed E-state index contributed by atoms with van der Waals surface area (Å²) in [7, 11) is 0. The first-order valence-corrected chi connectivity index (χ1v) is 9.30. The Labute approximate surface area is 163 Å². The van der Waals surface area contributed by atoms with Crippen LogP contribution >= 0.6 is 0 Å². The first kappa shape index (κ1) is 19.8. The van der Waals surface area contributed by atoms with Crippen molar-refractivity contribution in [2.24, 2.45) is 0 Å². The second-order valence-electron chi connectivity index (χ2n) is 7.34. The van der Waals surface area contributed by atoms with E-state index in [1.807, 2.05) is 0 Å². The highest BCUT2D eigenvalue weighted by Crippen LogP contribution is 2.20. The SMILES string of the molecule is CC(C)(Oc1ccc(F)cc1)C(=O)NC1CCN(C(=O)c2ccncc2)CC1. The molecule has 0 spiro atoms. The van der Waals surface area contributed by atoms with E-state index in [0.717, 1.165) is 0 Å². The number of nitrogens with zero attached hydrogens (tertiary/aromatic N) is 2. The zero-order valence-electron chi connectivity index (χ0n) is 16.0. The minimum Gasteiger partial charge on any atom is -0.478 e. The molecule has 0 atom stereocenters. The van der Waals surface area contributed by atoms with Gasteiger partial charge >= 0.3 is 0 Å². The second kappa shape index (κ2) is 8.37. The highest BCUT2D eigenvalue weighted by Gasteiger charge is 2.33. The average Bonchev–Trinajstić information content (AvgIpc) is 2.70. The highest BCUT2D eigenvalue weighted by molar-refractivity contribution is 5.94. The van der Waals surface area contributed by atoms with Crippen LogP contribution < -0.4 is 10.1 Å². The number of rotatable bonds is 5. The van der Waals surface area contributed by atoms with Crippen molar-refractivity contribution >= 4 is 11.8 Å². The van der Waals surface area contributed by atoms with Crippen molar-refractivity contribution in [3.05, 3.63) is 60.2 Å². The summed E-state index contributed by atoms with van der Waals surface area (Å²) in [5.41, 5.74) is -0.478. The summed E-state index contributed by atoms with van der Waals surface area (Å²) in [5.74, 6) is -0.190. The predicted octanol–water partition coefficient (Wildman–Crippen LogP) is 2.80. The fourth-order valence-electron chi connectivity index (χ4n) is 3.11. The van der Waals surface area contributed by atoms with E-state index in [0.29, 0.717) is 37.2 Å². The lowest BCUT2D eigenvalue weighted by Gasteiger charge is -2.34. The number of ether oxygens (including phenoxy) is 1. The Hall–Kier alpha value is -2.96. The zero-order valence-corrected chi connectivity index (χ0v) is 16.0. The first-order valence-electron chi connectivity index (χ1n) is 9.30. The molecule has 6 nitrogen and oxygen atoms in total. The summed E-state index contributed by atoms with van der Waals surface area (Å²) in [6, 6.07) is 8.95. The molecule has 0 bridgehead atoms. The third-order valence-electron chi connectivity index (χ3n) is 4.78. The van der Waals surface area contributed by atoms with E-state index in [4.69, 9.17) is 4.74 Å². The summed E-state index contributed by atoms with van der Waals surface area (Å²) < 4.78 is 18.7. The van der Waals surface area contributed by atoms with Crippen molar-refractivity contribution in [2.75, 3.05) is 13.1 Å². The molecule has 0 unspecified atom stereocenters. The van der Waals surface area contributed by atoms with Gasteiger partial charge in [-0.2, -0.15) is 0 Å². The fourth-order valence-corrected chi connectivity index (χ4v) is 3.11. The van der Waals surface area contributed by atoms with Crippen molar-refractivity contribution < 1.29 is 18.7 Å². The van der Waals surface area contributed by atoms with Gasteiger partial charge in [-0.3, -0.25) is 14.6 Å². The number of nitrogens with one attached hydrogen (secondary N) is 1. The third-order valence-corrected chi connectivity index (χ3v) is 4.78. The Kier molecular flexibility index (Phi) is 5.92. The molecule has 2 amide bonds. The quantitative estimate of drug-likeness (QED) is 0.859. The van der Waals surface area contributed by atoms with Crippen molar-refractivity contribution in [2.45, 2.75) is 38.3 Å². The summed E-state index contributed by atoms with van der Waals surface area (Å²) in [6.07, 6.45) is 4.55. The number of piperidine rings is 1. The molecule has 1 aliphatic rings. The normalized spacial score (nSPS) is 15.2. The molecule has 1 fully saturated rings. The molecule has 1 saturated heterocycles. The van der Waals surface area contributed by atoms with Gasteiger partial charge in [0.2, 0.25) is 0 Å². The molecule has 1 aromatic carbocycles. The minimum absolute atomic E-state index is 0.0212. The molecular formula is C21H24FN3O3. The van der Waals surface area contributed by atoms with Gasteiger partial charge in [-0.25, -0.2) is 4.39 Å². The van der Waals surface area contributed by atoms with Gasteiger partial charge in [0.1, 0.15) is 11.6 Å². The maximum absolute atomic E-state index is 13.0. The summed E-state index contributed by atoms with van der Waals surface area (Å²) >= 11 is 0. The smallest absolute Gasteiger partial charge is 0.263 e. The molecule has 0 aliphatic carbocycles. The fraction of sp³-hybridized carbons (Fsp3) is 0.381. The van der Waals surface area contributed by atoms with Crippen LogP contribution in [0.25, 0.3) is 0 Å². The number of pyridine rings is 1. The molecule has 1 N–H and O–H groups in total. The van der Waals surface area contributed by atoms with Crippen LogP contribution in [0.15, 0.2) is 48.8 Å². The number of amides is 2. The molecule has 3 rings (SSSR count). The minimum atomic E-state index is -1.10. The van der Waals surface area contributed by atoms with Gasteiger partial charge in [0, 0.05) is 37.1 Å². The number of hydrogen-bond acceptors (Lipinski definition) is 4. The number of benzene rings is 1. The van der Waals surface area contributed by atoms with E-state index in [1.54, 1.807) is 43.3 Å². The van der Waals surface area contributed by atoms with E-state index < -0.39 is 5.60 Å². The van der Waals surface area contributed by atoms with Gasteiger partial charge in [0.25, 0.3) is 11.8 Å². The van der Waals surface area contributed by atoms with Gasteiger partial charge in [0.05, 0.1) is 0 Å². The molecule has 1 aromatic heterocycles. The lowest BCUT2D eigenvalue weighted by atomic mass is 10.0. The van der Waals surface area contributed by atoms with Crippen LogP contribution in [0.2, 0.25) is 0 Å². The number of carbonyl (C=O) groups excluding carboxylic acids is 2. The molecule has 0 saturated carbocycles. The Morgan fingerprint density at radius 3 is 2.32 bits per heavy atom. The Morgan fingerprint density at radius 2 is 1.71 bits per heavy atom. The van der Waals surface area contributed by atoms with Crippen LogP contribution in [0.1, 0.15) is 37.0 Å². The second-order valence-corrected chi connectivity index (χ2v) is 7.34. The average molecular weight is 385 g/mol. The van der Waals surface area contributed by atoms with Crippen LogP contribution in [0.4, 0.5) is 4.39 Å². The summed E-state index contributed by atoms with van der Waals surface area (Å²) in [6.45, 7) is 4.50. The van der Waals surface area contributed by atoms with Gasteiger partial charge < -0.3 is 15.0 Å². The van der Waals surface area contributed by atoms with Crippen molar-refractivity contribution in [3.63, 3.8) is 0 Å². The number of aromatic nitrogens is 1. The van der Waals surface area contributed by atoms with E-state index >= 15 is 0 Å².